The Balaban J connectivity index is 1.42. The Morgan fingerprint density at radius 2 is 2.12 bits per heavy atom. The number of amides is 1. The maximum atomic E-state index is 12.1. The van der Waals surface area contributed by atoms with Crippen molar-refractivity contribution in [2.45, 2.75) is 18.7 Å². The van der Waals surface area contributed by atoms with E-state index in [1.54, 1.807) is 7.11 Å². The first kappa shape index (κ1) is 15.7. The van der Waals surface area contributed by atoms with Crippen molar-refractivity contribution in [2.24, 2.45) is 0 Å². The number of benzene rings is 1. The van der Waals surface area contributed by atoms with Gasteiger partial charge in [-0.3, -0.25) is 9.69 Å². The maximum absolute atomic E-state index is 12.1. The van der Waals surface area contributed by atoms with Crippen molar-refractivity contribution in [2.75, 3.05) is 46.8 Å². The third-order valence-corrected chi connectivity index (χ3v) is 4.83. The van der Waals surface area contributed by atoms with Crippen molar-refractivity contribution in [3.05, 3.63) is 23.8 Å². The average molecular weight is 334 g/mol. The standard InChI is InChI=1S/C17H22N2O5/c1-21-5-4-19-13-8-18(9-16(13)22-10-17(19)20)7-12-2-3-14-15(6-12)24-11-23-14/h2-3,6,13,16H,4-5,7-11H2,1H3/t13-,16-/m1/s1. The number of carbonyl (C=O) groups excluding carboxylic acids is 1. The highest BCUT2D eigenvalue weighted by Crippen LogP contribution is 2.33. The lowest BCUT2D eigenvalue weighted by Gasteiger charge is -2.36. The van der Waals surface area contributed by atoms with Gasteiger partial charge in [-0.2, -0.15) is 0 Å². The molecule has 7 nitrogen and oxygen atoms in total. The Labute approximate surface area is 141 Å². The number of hydrogen-bond acceptors (Lipinski definition) is 6. The zero-order valence-electron chi connectivity index (χ0n) is 13.8. The molecular formula is C17H22N2O5. The zero-order chi connectivity index (χ0) is 16.5. The van der Waals surface area contributed by atoms with Crippen molar-refractivity contribution >= 4 is 5.91 Å². The Hall–Kier alpha value is -1.83. The first-order valence-electron chi connectivity index (χ1n) is 8.25. The summed E-state index contributed by atoms with van der Waals surface area (Å²) in [6, 6.07) is 6.14. The number of morpholine rings is 1. The number of fused-ring (bicyclic) bond motifs is 2. The third-order valence-electron chi connectivity index (χ3n) is 4.83. The molecule has 0 aliphatic carbocycles. The van der Waals surface area contributed by atoms with Crippen LogP contribution in [0.4, 0.5) is 0 Å². The molecule has 2 saturated heterocycles. The average Bonchev–Trinajstić information content (AvgIpc) is 3.20. The molecule has 3 aliphatic rings. The van der Waals surface area contributed by atoms with Crippen molar-refractivity contribution in [1.29, 1.82) is 0 Å². The third kappa shape index (κ3) is 2.94. The van der Waals surface area contributed by atoms with Gasteiger partial charge < -0.3 is 23.8 Å². The van der Waals surface area contributed by atoms with Crippen LogP contribution >= 0.6 is 0 Å². The highest BCUT2D eigenvalue weighted by Gasteiger charge is 2.42. The topological polar surface area (TPSA) is 60.5 Å². The van der Waals surface area contributed by atoms with E-state index in [0.29, 0.717) is 13.2 Å². The molecule has 0 unspecified atom stereocenters. The fourth-order valence-electron chi connectivity index (χ4n) is 3.65. The molecule has 2 atom stereocenters. The Kier molecular flexibility index (Phi) is 4.30. The molecule has 0 N–H and O–H groups in total. The molecule has 130 valence electrons. The van der Waals surface area contributed by atoms with Gasteiger partial charge in [0.1, 0.15) is 6.61 Å². The van der Waals surface area contributed by atoms with Crippen molar-refractivity contribution in [1.82, 2.24) is 9.80 Å². The highest BCUT2D eigenvalue weighted by atomic mass is 16.7. The van der Waals surface area contributed by atoms with Gasteiger partial charge in [0, 0.05) is 33.3 Å². The van der Waals surface area contributed by atoms with Gasteiger partial charge in [-0.1, -0.05) is 6.07 Å². The quantitative estimate of drug-likeness (QED) is 0.780. The lowest BCUT2D eigenvalue weighted by Crippen LogP contribution is -2.54. The van der Waals surface area contributed by atoms with Crippen molar-refractivity contribution in [3.63, 3.8) is 0 Å². The largest absolute Gasteiger partial charge is 0.454 e. The molecule has 7 heteroatoms. The normalized spacial score (nSPS) is 26.0. The van der Waals surface area contributed by atoms with Crippen LogP contribution in [-0.4, -0.2) is 74.6 Å². The van der Waals surface area contributed by atoms with Crippen LogP contribution < -0.4 is 9.47 Å². The van der Waals surface area contributed by atoms with Crippen LogP contribution in [0.2, 0.25) is 0 Å². The van der Waals surface area contributed by atoms with Crippen LogP contribution in [0.3, 0.4) is 0 Å². The molecule has 0 saturated carbocycles. The molecular weight excluding hydrogens is 312 g/mol. The summed E-state index contributed by atoms with van der Waals surface area (Å²) >= 11 is 0. The second kappa shape index (κ2) is 6.58. The molecule has 1 amide bonds. The summed E-state index contributed by atoms with van der Waals surface area (Å²) in [4.78, 5) is 16.4. The Morgan fingerprint density at radius 1 is 1.25 bits per heavy atom. The van der Waals surface area contributed by atoms with Gasteiger partial charge >= 0.3 is 0 Å². The molecule has 4 rings (SSSR count). The van der Waals surface area contributed by atoms with Gasteiger partial charge in [-0.15, -0.1) is 0 Å². The van der Waals surface area contributed by atoms with Gasteiger partial charge in [-0.05, 0) is 17.7 Å². The molecule has 1 aromatic carbocycles. The summed E-state index contributed by atoms with van der Waals surface area (Å²) in [6.07, 6.45) is 0.0774. The maximum Gasteiger partial charge on any atom is 0.249 e. The van der Waals surface area contributed by atoms with E-state index in [1.807, 2.05) is 17.0 Å². The van der Waals surface area contributed by atoms with E-state index < -0.39 is 0 Å². The van der Waals surface area contributed by atoms with Gasteiger partial charge in [0.2, 0.25) is 12.7 Å². The highest BCUT2D eigenvalue weighted by molar-refractivity contribution is 5.78. The van der Waals surface area contributed by atoms with E-state index in [1.165, 1.54) is 5.56 Å². The van der Waals surface area contributed by atoms with Crippen LogP contribution in [0.25, 0.3) is 0 Å². The van der Waals surface area contributed by atoms with Crippen LogP contribution in [0, 0.1) is 0 Å². The smallest absolute Gasteiger partial charge is 0.249 e. The predicted molar refractivity (Wildman–Crippen MR) is 85.0 cm³/mol. The molecule has 0 spiro atoms. The summed E-state index contributed by atoms with van der Waals surface area (Å²) in [5, 5.41) is 0. The second-order valence-electron chi connectivity index (χ2n) is 6.38. The van der Waals surface area contributed by atoms with E-state index >= 15 is 0 Å². The number of ether oxygens (including phenoxy) is 4. The lowest BCUT2D eigenvalue weighted by atomic mass is 10.1. The van der Waals surface area contributed by atoms with Crippen LogP contribution in [-0.2, 0) is 20.8 Å². The SMILES string of the molecule is COCCN1C(=O)CO[C@@H]2CN(Cc3ccc4c(c3)OCO4)C[C@H]21. The fourth-order valence-corrected chi connectivity index (χ4v) is 3.65. The number of carbonyl (C=O) groups is 1. The van der Waals surface area contributed by atoms with Gasteiger partial charge in [0.25, 0.3) is 0 Å². The van der Waals surface area contributed by atoms with Gasteiger partial charge in [-0.25, -0.2) is 0 Å². The number of likely N-dealkylation sites (tertiary alicyclic amines) is 1. The number of methoxy groups -OCH3 is 1. The van der Waals surface area contributed by atoms with Crippen molar-refractivity contribution < 1.29 is 23.7 Å². The van der Waals surface area contributed by atoms with E-state index in [4.69, 9.17) is 18.9 Å². The first-order chi connectivity index (χ1) is 11.7. The summed E-state index contributed by atoms with van der Waals surface area (Å²) in [5.41, 5.74) is 1.17. The Bertz CT molecular complexity index is 623. The summed E-state index contributed by atoms with van der Waals surface area (Å²) < 4.78 is 21.7. The molecule has 2 fully saturated rings. The summed E-state index contributed by atoms with van der Waals surface area (Å²) in [7, 11) is 1.66. The predicted octanol–water partition coefficient (Wildman–Crippen LogP) is 0.473. The van der Waals surface area contributed by atoms with Crippen LogP contribution in [0.5, 0.6) is 11.5 Å². The number of nitrogens with zero attached hydrogens (tertiary/aromatic N) is 2. The zero-order valence-corrected chi connectivity index (χ0v) is 13.8. The minimum atomic E-state index is 0.0539. The molecule has 1 aromatic rings. The van der Waals surface area contributed by atoms with Gasteiger partial charge in [0.15, 0.2) is 11.5 Å². The molecule has 0 aromatic heterocycles. The van der Waals surface area contributed by atoms with Crippen molar-refractivity contribution in [3.8, 4) is 11.5 Å². The molecule has 3 heterocycles. The molecule has 0 bridgehead atoms. The molecule has 0 radical (unpaired) electrons. The fraction of sp³-hybridized carbons (Fsp3) is 0.588. The lowest BCUT2D eigenvalue weighted by molar-refractivity contribution is -0.153. The van der Waals surface area contributed by atoms with Gasteiger partial charge in [0.05, 0.1) is 18.8 Å². The first-order valence-corrected chi connectivity index (χ1v) is 8.25. The summed E-state index contributed by atoms with van der Waals surface area (Å²) in [6.45, 7) is 4.08. The minimum Gasteiger partial charge on any atom is -0.454 e. The van der Waals surface area contributed by atoms with Crippen LogP contribution in [0.1, 0.15) is 5.56 Å². The van der Waals surface area contributed by atoms with E-state index in [2.05, 4.69) is 11.0 Å². The monoisotopic (exact) mass is 334 g/mol. The number of rotatable bonds is 5. The number of hydrogen-bond donors (Lipinski definition) is 0. The molecule has 3 aliphatic heterocycles. The van der Waals surface area contributed by atoms with Crippen LogP contribution in [0.15, 0.2) is 18.2 Å². The Morgan fingerprint density at radius 3 is 3.00 bits per heavy atom. The van der Waals surface area contributed by atoms with E-state index in [-0.39, 0.29) is 31.5 Å². The van der Waals surface area contributed by atoms with E-state index in [0.717, 1.165) is 31.1 Å². The van der Waals surface area contributed by atoms with E-state index in [9.17, 15) is 4.79 Å². The minimum absolute atomic E-state index is 0.0539. The molecule has 24 heavy (non-hydrogen) atoms. The second-order valence-corrected chi connectivity index (χ2v) is 6.38. The summed E-state index contributed by atoms with van der Waals surface area (Å²) in [5.74, 6) is 1.66.